The summed E-state index contributed by atoms with van der Waals surface area (Å²) in [5.41, 5.74) is 1.05. The number of hydrogen-bond donors (Lipinski definition) is 0. The fourth-order valence-electron chi connectivity index (χ4n) is 2.37. The normalized spacial score (nSPS) is 14.7. The summed E-state index contributed by atoms with van der Waals surface area (Å²) in [4.78, 5) is 27.6. The van der Waals surface area contributed by atoms with Gasteiger partial charge >= 0.3 is 11.9 Å². The minimum atomic E-state index is -0.633. The molecular weight excluding hydrogens is 393 g/mol. The highest BCUT2D eigenvalue weighted by molar-refractivity contribution is 6.44. The highest BCUT2D eigenvalue weighted by Gasteiger charge is 2.26. The van der Waals surface area contributed by atoms with E-state index in [2.05, 4.69) is 4.99 Å². The Balaban J connectivity index is 1.97. The van der Waals surface area contributed by atoms with E-state index in [1.165, 1.54) is 20.1 Å². The third-order valence-electron chi connectivity index (χ3n) is 3.55. The molecule has 0 unspecified atom stereocenters. The standard InChI is InChI=1S/C19H13Cl2NO5/c1-10(23)26-16-9-11(6-7-15(16)25-2)8-14-19(24)27-18(22-14)12-4-3-5-13(20)17(12)21/h3-9H,1-2H3/b14-8-. The van der Waals surface area contributed by atoms with Gasteiger partial charge in [0.1, 0.15) is 0 Å². The van der Waals surface area contributed by atoms with Crippen LogP contribution in [-0.2, 0) is 14.3 Å². The van der Waals surface area contributed by atoms with Crippen molar-refractivity contribution in [2.24, 2.45) is 4.99 Å². The van der Waals surface area contributed by atoms with E-state index in [9.17, 15) is 9.59 Å². The largest absolute Gasteiger partial charge is 0.493 e. The molecule has 1 aliphatic rings. The van der Waals surface area contributed by atoms with Gasteiger partial charge in [-0.3, -0.25) is 4.79 Å². The summed E-state index contributed by atoms with van der Waals surface area (Å²) in [7, 11) is 1.46. The highest BCUT2D eigenvalue weighted by Crippen LogP contribution is 2.31. The Labute approximate surface area is 165 Å². The topological polar surface area (TPSA) is 74.2 Å². The van der Waals surface area contributed by atoms with E-state index in [0.717, 1.165) is 0 Å². The first-order valence-corrected chi connectivity index (χ1v) is 8.48. The summed E-state index contributed by atoms with van der Waals surface area (Å²) in [6.07, 6.45) is 1.50. The van der Waals surface area contributed by atoms with E-state index in [-0.39, 0.29) is 22.4 Å². The maximum atomic E-state index is 12.2. The summed E-state index contributed by atoms with van der Waals surface area (Å²) in [5, 5.41) is 0.570. The number of benzene rings is 2. The van der Waals surface area contributed by atoms with Gasteiger partial charge in [0.2, 0.25) is 5.90 Å². The molecule has 0 saturated carbocycles. The van der Waals surface area contributed by atoms with Crippen molar-refractivity contribution in [2.75, 3.05) is 7.11 Å². The second kappa shape index (κ2) is 7.82. The quantitative estimate of drug-likeness (QED) is 0.431. The molecule has 8 heteroatoms. The molecule has 0 bridgehead atoms. The molecule has 0 aliphatic carbocycles. The number of aliphatic imine (C=N–C) groups is 1. The van der Waals surface area contributed by atoms with E-state index in [1.807, 2.05) is 0 Å². The molecule has 3 rings (SSSR count). The molecule has 27 heavy (non-hydrogen) atoms. The van der Waals surface area contributed by atoms with Crippen molar-refractivity contribution in [1.29, 1.82) is 0 Å². The SMILES string of the molecule is COc1ccc(/C=C2\N=C(c3cccc(Cl)c3Cl)OC2=O)cc1OC(C)=O. The molecule has 0 N–H and O–H groups in total. The van der Waals surface area contributed by atoms with Crippen molar-refractivity contribution in [3.63, 3.8) is 0 Å². The third-order valence-corrected chi connectivity index (χ3v) is 4.37. The van der Waals surface area contributed by atoms with Crippen LogP contribution in [0.1, 0.15) is 18.1 Å². The molecule has 1 heterocycles. The summed E-state index contributed by atoms with van der Waals surface area (Å²) < 4.78 is 15.5. The number of esters is 2. The van der Waals surface area contributed by atoms with Crippen molar-refractivity contribution in [2.45, 2.75) is 6.92 Å². The van der Waals surface area contributed by atoms with Gasteiger partial charge in [-0.05, 0) is 35.9 Å². The molecule has 6 nitrogen and oxygen atoms in total. The smallest absolute Gasteiger partial charge is 0.363 e. The van der Waals surface area contributed by atoms with E-state index in [4.69, 9.17) is 37.4 Å². The highest BCUT2D eigenvalue weighted by atomic mass is 35.5. The molecule has 0 radical (unpaired) electrons. The van der Waals surface area contributed by atoms with Crippen LogP contribution >= 0.6 is 23.2 Å². The summed E-state index contributed by atoms with van der Waals surface area (Å²) in [6.45, 7) is 1.28. The number of cyclic esters (lactones) is 1. The van der Waals surface area contributed by atoms with Crippen LogP contribution in [0, 0.1) is 0 Å². The fourth-order valence-corrected chi connectivity index (χ4v) is 2.75. The summed E-state index contributed by atoms with van der Waals surface area (Å²) >= 11 is 12.1. The third kappa shape index (κ3) is 4.13. The maximum Gasteiger partial charge on any atom is 0.363 e. The van der Waals surface area contributed by atoms with E-state index in [1.54, 1.807) is 36.4 Å². The number of methoxy groups -OCH3 is 1. The van der Waals surface area contributed by atoms with Crippen LogP contribution in [0.2, 0.25) is 10.0 Å². The Kier molecular flexibility index (Phi) is 5.48. The predicted molar refractivity (Wildman–Crippen MR) is 101 cm³/mol. The van der Waals surface area contributed by atoms with Crippen molar-refractivity contribution in [3.05, 3.63) is 63.3 Å². The first-order chi connectivity index (χ1) is 12.9. The molecule has 0 amide bonds. The Morgan fingerprint density at radius 1 is 1.19 bits per heavy atom. The minimum absolute atomic E-state index is 0.0625. The summed E-state index contributed by atoms with van der Waals surface area (Å²) in [6, 6.07) is 9.80. The molecule has 0 spiro atoms. The molecule has 0 saturated heterocycles. The monoisotopic (exact) mass is 405 g/mol. The van der Waals surface area contributed by atoms with Crippen molar-refractivity contribution in [3.8, 4) is 11.5 Å². The Hall–Kier alpha value is -2.83. The van der Waals surface area contributed by atoms with Gasteiger partial charge in [-0.1, -0.05) is 35.3 Å². The van der Waals surface area contributed by atoms with Gasteiger partial charge in [-0.2, -0.15) is 0 Å². The zero-order valence-corrected chi connectivity index (χ0v) is 15.8. The summed E-state index contributed by atoms with van der Waals surface area (Å²) in [5.74, 6) is -0.447. The van der Waals surface area contributed by atoms with E-state index < -0.39 is 11.9 Å². The van der Waals surface area contributed by atoms with Crippen LogP contribution in [0.4, 0.5) is 0 Å². The zero-order chi connectivity index (χ0) is 19.6. The van der Waals surface area contributed by atoms with Crippen LogP contribution in [0.3, 0.4) is 0 Å². The number of rotatable bonds is 4. The molecule has 0 fully saturated rings. The van der Waals surface area contributed by atoms with E-state index in [0.29, 0.717) is 21.9 Å². The first kappa shape index (κ1) is 18.9. The van der Waals surface area contributed by atoms with Crippen LogP contribution in [0.5, 0.6) is 11.5 Å². The second-order valence-electron chi connectivity index (χ2n) is 5.44. The van der Waals surface area contributed by atoms with Crippen LogP contribution in [0.15, 0.2) is 47.1 Å². The average molecular weight is 406 g/mol. The Morgan fingerprint density at radius 2 is 1.96 bits per heavy atom. The lowest BCUT2D eigenvalue weighted by Crippen LogP contribution is -2.06. The number of carbonyl (C=O) groups is 2. The van der Waals surface area contributed by atoms with Gasteiger partial charge < -0.3 is 14.2 Å². The fraction of sp³-hybridized carbons (Fsp3) is 0.105. The minimum Gasteiger partial charge on any atom is -0.493 e. The zero-order valence-electron chi connectivity index (χ0n) is 14.3. The van der Waals surface area contributed by atoms with Gasteiger partial charge in [0.25, 0.3) is 0 Å². The van der Waals surface area contributed by atoms with Crippen molar-refractivity contribution in [1.82, 2.24) is 0 Å². The first-order valence-electron chi connectivity index (χ1n) is 7.72. The average Bonchev–Trinajstić information content (AvgIpc) is 2.97. The number of halogens is 2. The molecule has 0 aromatic heterocycles. The maximum absolute atomic E-state index is 12.2. The van der Waals surface area contributed by atoms with Crippen molar-refractivity contribution < 1.29 is 23.8 Å². The Morgan fingerprint density at radius 3 is 2.67 bits per heavy atom. The second-order valence-corrected chi connectivity index (χ2v) is 6.23. The lowest BCUT2D eigenvalue weighted by Gasteiger charge is -2.08. The lowest BCUT2D eigenvalue weighted by molar-refractivity contribution is -0.132. The van der Waals surface area contributed by atoms with E-state index >= 15 is 0 Å². The number of nitrogens with zero attached hydrogens (tertiary/aromatic N) is 1. The van der Waals surface area contributed by atoms with Gasteiger partial charge in [0.15, 0.2) is 17.2 Å². The van der Waals surface area contributed by atoms with Gasteiger partial charge in [-0.15, -0.1) is 0 Å². The molecule has 138 valence electrons. The molecule has 2 aromatic carbocycles. The Bertz CT molecular complexity index is 998. The predicted octanol–water partition coefficient (Wildman–Crippen LogP) is 4.27. The lowest BCUT2D eigenvalue weighted by atomic mass is 10.1. The van der Waals surface area contributed by atoms with Crippen LogP contribution < -0.4 is 9.47 Å². The molecule has 1 aliphatic heterocycles. The number of ether oxygens (including phenoxy) is 3. The van der Waals surface area contributed by atoms with Crippen molar-refractivity contribution >= 4 is 47.1 Å². The molecule has 0 atom stereocenters. The number of carbonyl (C=O) groups excluding carboxylic acids is 2. The molecular formula is C19H13Cl2NO5. The molecule has 2 aromatic rings. The van der Waals surface area contributed by atoms with Crippen LogP contribution in [-0.4, -0.2) is 24.9 Å². The number of hydrogen-bond acceptors (Lipinski definition) is 6. The van der Waals surface area contributed by atoms with Gasteiger partial charge in [-0.25, -0.2) is 9.79 Å². The van der Waals surface area contributed by atoms with Crippen LogP contribution in [0.25, 0.3) is 6.08 Å². The van der Waals surface area contributed by atoms with Gasteiger partial charge in [0, 0.05) is 6.92 Å². The van der Waals surface area contributed by atoms with Gasteiger partial charge in [0.05, 0.1) is 22.7 Å².